The molecule has 0 spiro atoms. The van der Waals surface area contributed by atoms with E-state index in [2.05, 4.69) is 17.2 Å². The van der Waals surface area contributed by atoms with E-state index in [4.69, 9.17) is 0 Å². The van der Waals surface area contributed by atoms with Gasteiger partial charge in [-0.1, -0.05) is 30.3 Å². The summed E-state index contributed by atoms with van der Waals surface area (Å²) in [6, 6.07) is 10.1. The van der Waals surface area contributed by atoms with Crippen molar-refractivity contribution in [2.75, 3.05) is 13.1 Å². The molecule has 1 fully saturated rings. The maximum Gasteiger partial charge on any atom is 0.451 e. The van der Waals surface area contributed by atoms with Crippen molar-refractivity contribution in [3.8, 4) is 0 Å². The second kappa shape index (κ2) is 7.58. The monoisotopic (exact) mass is 382 g/mol. The minimum atomic E-state index is -4.74. The zero-order valence-corrected chi connectivity index (χ0v) is 14.9. The van der Waals surface area contributed by atoms with Crippen molar-refractivity contribution in [2.24, 2.45) is 13.0 Å². The molecule has 0 atom stereocenters. The third kappa shape index (κ3) is 4.40. The molecular weight excluding hydrogens is 361 g/mol. The number of nitrogens with zero attached hydrogens (tertiary/aromatic N) is 4. The van der Waals surface area contributed by atoms with E-state index in [1.54, 1.807) is 4.90 Å². The molecular formula is C18H21F3N4O2. The molecule has 6 nitrogen and oxygen atoms in total. The first-order valence-electron chi connectivity index (χ1n) is 8.78. The summed E-state index contributed by atoms with van der Waals surface area (Å²) in [4.78, 5) is 25.9. The molecule has 1 aliphatic heterocycles. The SMILES string of the molecule is Cn1c(C(F)(F)F)nn(CC(=O)N2CCC(Cc3ccccc3)CC2)c1=O. The molecule has 0 saturated carbocycles. The van der Waals surface area contributed by atoms with E-state index in [1.807, 2.05) is 18.2 Å². The van der Waals surface area contributed by atoms with Gasteiger partial charge in [-0.15, -0.1) is 5.10 Å². The van der Waals surface area contributed by atoms with Crippen molar-refractivity contribution >= 4 is 5.91 Å². The second-order valence-electron chi connectivity index (χ2n) is 6.83. The third-order valence-electron chi connectivity index (χ3n) is 4.91. The lowest BCUT2D eigenvalue weighted by molar-refractivity contribution is -0.147. The predicted molar refractivity (Wildman–Crippen MR) is 91.9 cm³/mol. The lowest BCUT2D eigenvalue weighted by Crippen LogP contribution is -2.42. The molecule has 0 unspecified atom stereocenters. The van der Waals surface area contributed by atoms with Crippen LogP contribution in [0.1, 0.15) is 24.2 Å². The van der Waals surface area contributed by atoms with Gasteiger partial charge in [0.25, 0.3) is 0 Å². The highest BCUT2D eigenvalue weighted by Crippen LogP contribution is 2.26. The second-order valence-corrected chi connectivity index (χ2v) is 6.83. The van der Waals surface area contributed by atoms with Crippen molar-refractivity contribution in [2.45, 2.75) is 32.0 Å². The fourth-order valence-electron chi connectivity index (χ4n) is 3.40. The van der Waals surface area contributed by atoms with E-state index < -0.39 is 24.2 Å². The smallest absolute Gasteiger partial charge is 0.341 e. The van der Waals surface area contributed by atoms with Gasteiger partial charge in [-0.2, -0.15) is 13.2 Å². The van der Waals surface area contributed by atoms with Gasteiger partial charge in [0, 0.05) is 20.1 Å². The number of halogens is 3. The summed E-state index contributed by atoms with van der Waals surface area (Å²) in [6.07, 6.45) is -2.15. The molecule has 1 amide bonds. The number of hydrogen-bond acceptors (Lipinski definition) is 3. The van der Waals surface area contributed by atoms with Crippen molar-refractivity contribution in [3.05, 3.63) is 52.2 Å². The van der Waals surface area contributed by atoms with E-state index in [0.717, 1.165) is 26.3 Å². The molecule has 1 saturated heterocycles. The number of hydrogen-bond donors (Lipinski definition) is 0. The number of amides is 1. The highest BCUT2D eigenvalue weighted by atomic mass is 19.4. The molecule has 2 aromatic rings. The van der Waals surface area contributed by atoms with E-state index in [0.29, 0.717) is 28.3 Å². The fraction of sp³-hybridized carbons (Fsp3) is 0.500. The largest absolute Gasteiger partial charge is 0.451 e. The van der Waals surface area contributed by atoms with Crippen LogP contribution in [0.4, 0.5) is 13.2 Å². The van der Waals surface area contributed by atoms with E-state index in [-0.39, 0.29) is 5.91 Å². The Labute approximate surface area is 154 Å². The van der Waals surface area contributed by atoms with Gasteiger partial charge in [-0.05, 0) is 30.7 Å². The summed E-state index contributed by atoms with van der Waals surface area (Å²) in [5.41, 5.74) is 0.302. The molecule has 146 valence electrons. The number of likely N-dealkylation sites (tertiary alicyclic amines) is 1. The van der Waals surface area contributed by atoms with Crippen molar-refractivity contribution in [3.63, 3.8) is 0 Å². The first-order valence-corrected chi connectivity index (χ1v) is 8.78. The van der Waals surface area contributed by atoms with Gasteiger partial charge in [0.2, 0.25) is 11.7 Å². The van der Waals surface area contributed by atoms with Crippen LogP contribution in [0.25, 0.3) is 0 Å². The van der Waals surface area contributed by atoms with Crippen LogP contribution in [0, 0.1) is 5.92 Å². The normalized spacial score (nSPS) is 15.9. The van der Waals surface area contributed by atoms with Crippen LogP contribution < -0.4 is 5.69 Å². The van der Waals surface area contributed by atoms with Crippen LogP contribution in [0.5, 0.6) is 0 Å². The maximum atomic E-state index is 12.8. The maximum absolute atomic E-state index is 12.8. The number of aromatic nitrogens is 3. The molecule has 27 heavy (non-hydrogen) atoms. The average Bonchev–Trinajstić information content (AvgIpc) is 2.92. The number of benzene rings is 1. The van der Waals surface area contributed by atoms with Crippen molar-refractivity contribution < 1.29 is 18.0 Å². The molecule has 0 bridgehead atoms. The number of alkyl halides is 3. The Hall–Kier alpha value is -2.58. The van der Waals surface area contributed by atoms with Gasteiger partial charge in [0.05, 0.1) is 0 Å². The lowest BCUT2D eigenvalue weighted by atomic mass is 9.90. The molecule has 1 aromatic carbocycles. The average molecular weight is 382 g/mol. The quantitative estimate of drug-likeness (QED) is 0.814. The van der Waals surface area contributed by atoms with E-state index >= 15 is 0 Å². The molecule has 3 rings (SSSR count). The molecule has 0 aliphatic carbocycles. The Morgan fingerprint density at radius 2 is 1.81 bits per heavy atom. The number of carbonyl (C=O) groups excluding carboxylic acids is 1. The van der Waals surface area contributed by atoms with Gasteiger partial charge < -0.3 is 4.90 Å². The summed E-state index contributed by atoms with van der Waals surface area (Å²) in [5.74, 6) is -1.23. The van der Waals surface area contributed by atoms with Crippen LogP contribution >= 0.6 is 0 Å². The highest BCUT2D eigenvalue weighted by Gasteiger charge is 2.38. The van der Waals surface area contributed by atoms with Crippen LogP contribution in [0.3, 0.4) is 0 Å². The van der Waals surface area contributed by atoms with Crippen LogP contribution in [0.15, 0.2) is 35.1 Å². The summed E-state index contributed by atoms with van der Waals surface area (Å²) >= 11 is 0. The van der Waals surface area contributed by atoms with E-state index in [9.17, 15) is 22.8 Å². The Kier molecular flexibility index (Phi) is 5.38. The number of piperidine rings is 1. The number of carbonyl (C=O) groups is 1. The zero-order chi connectivity index (χ0) is 19.6. The fourth-order valence-corrected chi connectivity index (χ4v) is 3.40. The lowest BCUT2D eigenvalue weighted by Gasteiger charge is -2.32. The summed E-state index contributed by atoms with van der Waals surface area (Å²) < 4.78 is 39.5. The molecule has 1 aromatic heterocycles. The molecule has 2 heterocycles. The van der Waals surface area contributed by atoms with Gasteiger partial charge >= 0.3 is 11.9 Å². The summed E-state index contributed by atoms with van der Waals surface area (Å²) in [7, 11) is 0.994. The first kappa shape index (κ1) is 19.2. The molecule has 1 aliphatic rings. The highest BCUT2D eigenvalue weighted by molar-refractivity contribution is 5.75. The van der Waals surface area contributed by atoms with Crippen LogP contribution in [-0.4, -0.2) is 38.2 Å². The Bertz CT molecular complexity index is 850. The van der Waals surface area contributed by atoms with Gasteiger partial charge in [-0.25, -0.2) is 9.48 Å². The third-order valence-corrected chi connectivity index (χ3v) is 4.91. The summed E-state index contributed by atoms with van der Waals surface area (Å²) in [5, 5.41) is 3.28. The molecule has 0 N–H and O–H groups in total. The van der Waals surface area contributed by atoms with Gasteiger partial charge in [0.1, 0.15) is 6.54 Å². The topological polar surface area (TPSA) is 60.1 Å². The predicted octanol–water partition coefficient (Wildman–Crippen LogP) is 2.08. The van der Waals surface area contributed by atoms with Crippen LogP contribution in [0.2, 0.25) is 0 Å². The minimum absolute atomic E-state index is 0.387. The Morgan fingerprint density at radius 1 is 1.19 bits per heavy atom. The standard InChI is InChI=1S/C18H21F3N4O2/c1-23-16(18(19,20)21)22-25(17(23)27)12-15(26)24-9-7-14(8-10-24)11-13-5-3-2-4-6-13/h2-6,14H,7-12H2,1H3. The molecule has 9 heteroatoms. The van der Waals surface area contributed by atoms with Gasteiger partial charge in [0.15, 0.2) is 0 Å². The Morgan fingerprint density at radius 3 is 2.37 bits per heavy atom. The van der Waals surface area contributed by atoms with E-state index in [1.165, 1.54) is 5.56 Å². The zero-order valence-electron chi connectivity index (χ0n) is 14.9. The van der Waals surface area contributed by atoms with Crippen LogP contribution in [-0.2, 0) is 31.0 Å². The number of rotatable bonds is 4. The van der Waals surface area contributed by atoms with Gasteiger partial charge in [-0.3, -0.25) is 9.36 Å². The first-order chi connectivity index (χ1) is 12.8. The Balaban J connectivity index is 1.58. The summed E-state index contributed by atoms with van der Waals surface area (Å²) in [6.45, 7) is 0.584. The van der Waals surface area contributed by atoms with Crippen molar-refractivity contribution in [1.82, 2.24) is 19.2 Å². The van der Waals surface area contributed by atoms with Crippen molar-refractivity contribution in [1.29, 1.82) is 0 Å². The molecule has 0 radical (unpaired) electrons. The minimum Gasteiger partial charge on any atom is -0.341 e.